The van der Waals surface area contributed by atoms with Gasteiger partial charge in [0, 0.05) is 12.8 Å². The Morgan fingerprint density at radius 2 is 0.966 bits per heavy atom. The molecule has 0 radical (unpaired) electrons. The fourth-order valence-electron chi connectivity index (χ4n) is 6.12. The number of phosphoric ester groups is 1. The highest BCUT2D eigenvalue weighted by Gasteiger charge is 2.27. The molecule has 0 aromatic heterocycles. The molecule has 0 rings (SSSR count). The molecule has 0 aromatic carbocycles. The molecule has 0 saturated heterocycles. The van der Waals surface area contributed by atoms with Gasteiger partial charge in [0.05, 0.1) is 27.7 Å². The maximum Gasteiger partial charge on any atom is 0.472 e. The smallest absolute Gasteiger partial charge is 0.462 e. The predicted molar refractivity (Wildman–Crippen MR) is 247 cm³/mol. The van der Waals surface area contributed by atoms with Crippen LogP contribution in [-0.2, 0) is 32.7 Å². The zero-order valence-electron chi connectivity index (χ0n) is 38.5. The highest BCUT2D eigenvalue weighted by molar-refractivity contribution is 7.47. The third-order valence-corrected chi connectivity index (χ3v) is 10.8. The van der Waals surface area contributed by atoms with E-state index < -0.39 is 26.5 Å². The first-order valence-electron chi connectivity index (χ1n) is 23.5. The van der Waals surface area contributed by atoms with Gasteiger partial charge in [0.15, 0.2) is 6.10 Å². The third-order valence-electron chi connectivity index (χ3n) is 9.78. The Bertz CT molecular complexity index is 1190. The van der Waals surface area contributed by atoms with Crippen molar-refractivity contribution in [2.24, 2.45) is 0 Å². The van der Waals surface area contributed by atoms with Crippen molar-refractivity contribution < 1.29 is 42.1 Å². The van der Waals surface area contributed by atoms with E-state index in [0.29, 0.717) is 17.4 Å². The van der Waals surface area contributed by atoms with E-state index in [2.05, 4.69) is 74.6 Å². The molecule has 0 amide bonds. The number of phosphoric acid groups is 1. The lowest BCUT2D eigenvalue weighted by atomic mass is 10.1. The minimum absolute atomic E-state index is 0.0236. The molecule has 10 heteroatoms. The van der Waals surface area contributed by atoms with Gasteiger partial charge in [-0.1, -0.05) is 158 Å². The van der Waals surface area contributed by atoms with E-state index in [1.54, 1.807) is 0 Å². The zero-order valence-corrected chi connectivity index (χ0v) is 39.4. The Hall–Kier alpha value is -2.29. The summed E-state index contributed by atoms with van der Waals surface area (Å²) in [5, 5.41) is 0. The van der Waals surface area contributed by atoms with Crippen LogP contribution in [0.4, 0.5) is 0 Å². The molecular formula is C49H89NO8P+. The minimum Gasteiger partial charge on any atom is -0.462 e. The molecule has 1 N–H and O–H groups in total. The van der Waals surface area contributed by atoms with E-state index >= 15 is 0 Å². The standard InChI is InChI=1S/C49H88NO8P/c1-6-8-10-12-14-16-18-20-22-24-26-27-29-31-33-35-37-39-41-48(51)55-45-47(46-57-59(53,54)56-44-43-50(3,4)5)58-49(52)42-40-38-36-34-32-30-28-25-23-21-19-17-15-13-11-9-7-2/h9,11,15,17,21-24,28,30,47H,6-8,10,12-14,16,18-20,25-27,29,31-46H2,1-5H3/p+1/b11-9-,17-15-,23-21-,24-22-,30-28-. The van der Waals surface area contributed by atoms with E-state index in [1.165, 1.54) is 70.6 Å². The number of rotatable bonds is 42. The Labute approximate surface area is 362 Å². The normalized spacial score (nSPS) is 14.1. The summed E-state index contributed by atoms with van der Waals surface area (Å²) < 4.78 is 34.3. The number of carbonyl (C=O) groups is 2. The predicted octanol–water partition coefficient (Wildman–Crippen LogP) is 13.6. The number of allylic oxidation sites excluding steroid dienone is 10. The molecule has 0 saturated carbocycles. The van der Waals surface area contributed by atoms with Crippen molar-refractivity contribution in [3.05, 3.63) is 60.8 Å². The average molecular weight is 851 g/mol. The number of nitrogens with zero attached hydrogens (tertiary/aromatic N) is 1. The second-order valence-electron chi connectivity index (χ2n) is 16.8. The summed E-state index contributed by atoms with van der Waals surface area (Å²) in [5.74, 6) is -0.833. The lowest BCUT2D eigenvalue weighted by Crippen LogP contribution is -2.37. The van der Waals surface area contributed by atoms with Gasteiger partial charge in [-0.25, -0.2) is 4.57 Å². The number of esters is 2. The number of unbranched alkanes of at least 4 members (excludes halogenated alkanes) is 18. The van der Waals surface area contributed by atoms with Crippen LogP contribution < -0.4 is 0 Å². The van der Waals surface area contributed by atoms with E-state index in [0.717, 1.165) is 83.5 Å². The molecule has 0 aliphatic carbocycles. The van der Waals surface area contributed by atoms with Crippen LogP contribution in [0.5, 0.6) is 0 Å². The number of quaternary nitrogens is 1. The monoisotopic (exact) mass is 851 g/mol. The van der Waals surface area contributed by atoms with Gasteiger partial charge < -0.3 is 18.9 Å². The van der Waals surface area contributed by atoms with E-state index in [1.807, 2.05) is 21.1 Å². The summed E-state index contributed by atoms with van der Waals surface area (Å²) in [6.45, 7) is 4.27. The molecule has 342 valence electrons. The maximum atomic E-state index is 12.7. The van der Waals surface area contributed by atoms with Crippen LogP contribution in [0.15, 0.2) is 60.8 Å². The van der Waals surface area contributed by atoms with Gasteiger partial charge in [0.2, 0.25) is 0 Å². The Kier molecular flexibility index (Phi) is 39.5. The van der Waals surface area contributed by atoms with Crippen molar-refractivity contribution in [2.45, 2.75) is 193 Å². The number of likely N-dealkylation sites (N-methyl/N-ethyl adjacent to an activating group) is 1. The minimum atomic E-state index is -4.39. The lowest BCUT2D eigenvalue weighted by Gasteiger charge is -2.24. The molecule has 0 aliphatic heterocycles. The number of carbonyl (C=O) groups excluding carboxylic acids is 2. The van der Waals surface area contributed by atoms with E-state index in [-0.39, 0.29) is 32.0 Å². The number of hydrogen-bond donors (Lipinski definition) is 1. The first-order chi connectivity index (χ1) is 28.5. The van der Waals surface area contributed by atoms with E-state index in [4.69, 9.17) is 18.5 Å². The molecule has 0 aromatic rings. The largest absolute Gasteiger partial charge is 0.472 e. The summed E-state index contributed by atoms with van der Waals surface area (Å²) >= 11 is 0. The summed E-state index contributed by atoms with van der Waals surface area (Å²) in [6.07, 6.45) is 49.8. The highest BCUT2D eigenvalue weighted by atomic mass is 31.2. The lowest BCUT2D eigenvalue weighted by molar-refractivity contribution is -0.870. The molecule has 59 heavy (non-hydrogen) atoms. The summed E-state index contributed by atoms with van der Waals surface area (Å²) in [4.78, 5) is 35.4. The van der Waals surface area contributed by atoms with Gasteiger partial charge >= 0.3 is 19.8 Å². The molecule has 0 heterocycles. The quantitative estimate of drug-likeness (QED) is 0.0213. The molecule has 0 spiro atoms. The Balaban J connectivity index is 4.37. The van der Waals surface area contributed by atoms with Crippen LogP contribution in [0.3, 0.4) is 0 Å². The van der Waals surface area contributed by atoms with Crippen LogP contribution in [0.2, 0.25) is 0 Å². The van der Waals surface area contributed by atoms with E-state index in [9.17, 15) is 19.0 Å². The van der Waals surface area contributed by atoms with Crippen molar-refractivity contribution in [1.29, 1.82) is 0 Å². The molecule has 2 atom stereocenters. The van der Waals surface area contributed by atoms with Gasteiger partial charge in [-0.05, 0) is 77.0 Å². The number of hydrogen-bond acceptors (Lipinski definition) is 7. The van der Waals surface area contributed by atoms with Crippen LogP contribution in [-0.4, -0.2) is 74.9 Å². The summed E-state index contributed by atoms with van der Waals surface area (Å²) in [6, 6.07) is 0. The summed E-state index contributed by atoms with van der Waals surface area (Å²) in [7, 11) is 1.45. The van der Waals surface area contributed by atoms with Crippen molar-refractivity contribution in [3.8, 4) is 0 Å². The van der Waals surface area contributed by atoms with Crippen LogP contribution >= 0.6 is 7.82 Å². The van der Waals surface area contributed by atoms with Gasteiger partial charge in [-0.3, -0.25) is 18.6 Å². The van der Waals surface area contributed by atoms with Crippen molar-refractivity contribution in [3.63, 3.8) is 0 Å². The zero-order chi connectivity index (χ0) is 43.6. The van der Waals surface area contributed by atoms with Crippen molar-refractivity contribution >= 4 is 19.8 Å². The van der Waals surface area contributed by atoms with Crippen molar-refractivity contribution in [2.75, 3.05) is 47.5 Å². The topological polar surface area (TPSA) is 108 Å². The summed E-state index contributed by atoms with van der Waals surface area (Å²) in [5.41, 5.74) is 0. The molecule has 0 fully saturated rings. The highest BCUT2D eigenvalue weighted by Crippen LogP contribution is 2.43. The molecule has 2 unspecified atom stereocenters. The van der Waals surface area contributed by atoms with Crippen LogP contribution in [0.25, 0.3) is 0 Å². The van der Waals surface area contributed by atoms with Gasteiger partial charge in [0.25, 0.3) is 0 Å². The van der Waals surface area contributed by atoms with Gasteiger partial charge in [0.1, 0.15) is 19.8 Å². The van der Waals surface area contributed by atoms with Gasteiger partial charge in [-0.15, -0.1) is 0 Å². The fourth-order valence-corrected chi connectivity index (χ4v) is 6.86. The molecule has 0 bridgehead atoms. The van der Waals surface area contributed by atoms with Crippen LogP contribution in [0.1, 0.15) is 187 Å². The Morgan fingerprint density at radius 3 is 1.46 bits per heavy atom. The third kappa shape index (κ3) is 45.1. The molecule has 0 aliphatic rings. The second-order valence-corrected chi connectivity index (χ2v) is 18.2. The number of ether oxygens (including phenoxy) is 2. The SMILES string of the molecule is CC/C=C\C/C=C\C/C=C\C/C=C\CCCCCCC(=O)OC(COC(=O)CCCCCCCCC/C=C\CCCCCCCCC)COP(=O)(O)OCC[N+](C)(C)C. The van der Waals surface area contributed by atoms with Gasteiger partial charge in [-0.2, -0.15) is 0 Å². The second kappa shape index (κ2) is 41.1. The Morgan fingerprint density at radius 1 is 0.542 bits per heavy atom. The molecule has 9 nitrogen and oxygen atoms in total. The van der Waals surface area contributed by atoms with Crippen molar-refractivity contribution in [1.82, 2.24) is 0 Å². The molecular weight excluding hydrogens is 762 g/mol. The first kappa shape index (κ1) is 56.7. The first-order valence-corrected chi connectivity index (χ1v) is 25.0. The fraction of sp³-hybridized carbons (Fsp3) is 0.755. The maximum absolute atomic E-state index is 12.7. The van der Waals surface area contributed by atoms with Crippen LogP contribution in [0, 0.1) is 0 Å². The average Bonchev–Trinajstić information content (AvgIpc) is 3.19.